The first-order valence-corrected chi connectivity index (χ1v) is 7.28. The Labute approximate surface area is 119 Å². The lowest BCUT2D eigenvalue weighted by atomic mass is 10.0. The highest BCUT2D eigenvalue weighted by molar-refractivity contribution is 5.83. The summed E-state index contributed by atoms with van der Waals surface area (Å²) in [6, 6.07) is 4.11. The van der Waals surface area contributed by atoms with Crippen molar-refractivity contribution < 1.29 is 14.6 Å². The molecule has 4 nitrogen and oxygen atoms in total. The van der Waals surface area contributed by atoms with E-state index in [1.54, 1.807) is 4.90 Å². The van der Waals surface area contributed by atoms with Gasteiger partial charge in [-0.1, -0.05) is 6.07 Å². The fourth-order valence-electron chi connectivity index (χ4n) is 3.15. The van der Waals surface area contributed by atoms with E-state index in [1.165, 1.54) is 11.1 Å². The summed E-state index contributed by atoms with van der Waals surface area (Å²) in [4.78, 5) is 14.3. The number of hydrogen-bond donors (Lipinski definition) is 1. The quantitative estimate of drug-likeness (QED) is 0.891. The average Bonchev–Trinajstić information content (AvgIpc) is 3.04. The van der Waals surface area contributed by atoms with Crippen molar-refractivity contribution in [2.75, 3.05) is 13.2 Å². The van der Waals surface area contributed by atoms with Crippen molar-refractivity contribution in [3.05, 3.63) is 28.8 Å². The minimum atomic E-state index is -0.418. The normalized spacial score (nSPS) is 24.6. The Morgan fingerprint density at radius 2 is 2.15 bits per heavy atom. The van der Waals surface area contributed by atoms with Gasteiger partial charge >= 0.3 is 0 Å². The number of nitrogens with zero attached hydrogens (tertiary/aromatic N) is 1. The molecule has 1 fully saturated rings. The summed E-state index contributed by atoms with van der Waals surface area (Å²) in [5.41, 5.74) is 3.53. The Balaban J connectivity index is 1.76. The van der Waals surface area contributed by atoms with Crippen LogP contribution in [-0.2, 0) is 11.2 Å². The molecule has 3 rings (SSSR count). The molecule has 108 valence electrons. The van der Waals surface area contributed by atoms with E-state index in [-0.39, 0.29) is 18.6 Å². The number of ether oxygens (including phenoxy) is 1. The van der Waals surface area contributed by atoms with Crippen LogP contribution >= 0.6 is 0 Å². The molecule has 0 unspecified atom stereocenters. The molecular weight excluding hydrogens is 254 g/mol. The largest absolute Gasteiger partial charge is 0.480 e. The summed E-state index contributed by atoms with van der Waals surface area (Å²) in [5.74, 6) is 0.860. The second-order valence-electron chi connectivity index (χ2n) is 5.87. The third kappa shape index (κ3) is 2.18. The number of aliphatic hydroxyl groups excluding tert-OH is 1. The van der Waals surface area contributed by atoms with Crippen LogP contribution in [0, 0.1) is 13.8 Å². The molecule has 2 aliphatic heterocycles. The third-order valence-electron chi connectivity index (χ3n) is 4.50. The molecule has 1 N–H and O–H groups in total. The predicted octanol–water partition coefficient (Wildman–Crippen LogP) is 1.59. The van der Waals surface area contributed by atoms with Crippen LogP contribution in [0.1, 0.15) is 29.5 Å². The zero-order valence-electron chi connectivity index (χ0n) is 12.1. The number of aliphatic hydroxyl groups is 1. The maximum absolute atomic E-state index is 12.5. The van der Waals surface area contributed by atoms with Crippen LogP contribution in [0.25, 0.3) is 0 Å². The zero-order chi connectivity index (χ0) is 14.3. The summed E-state index contributed by atoms with van der Waals surface area (Å²) < 4.78 is 5.84. The monoisotopic (exact) mass is 275 g/mol. The SMILES string of the molecule is Cc1cc2c(cc1C)O[C@@H](C(=O)N1CCC[C@@H]1CO)C2. The number of aryl methyl sites for hydroxylation is 2. The van der Waals surface area contributed by atoms with Gasteiger partial charge in [-0.15, -0.1) is 0 Å². The molecule has 0 saturated carbocycles. The number of fused-ring (bicyclic) bond motifs is 1. The maximum atomic E-state index is 12.5. The number of rotatable bonds is 2. The van der Waals surface area contributed by atoms with Crippen LogP contribution in [-0.4, -0.2) is 41.2 Å². The van der Waals surface area contributed by atoms with Crippen LogP contribution in [0.5, 0.6) is 5.75 Å². The molecule has 0 radical (unpaired) electrons. The summed E-state index contributed by atoms with van der Waals surface area (Å²) in [6.45, 7) is 4.91. The molecule has 1 aromatic rings. The number of carbonyl (C=O) groups excluding carboxylic acids is 1. The number of carbonyl (C=O) groups is 1. The molecule has 1 amide bonds. The number of hydrogen-bond acceptors (Lipinski definition) is 3. The van der Waals surface area contributed by atoms with Crippen molar-refractivity contribution in [3.63, 3.8) is 0 Å². The van der Waals surface area contributed by atoms with Gasteiger partial charge in [0, 0.05) is 13.0 Å². The van der Waals surface area contributed by atoms with E-state index >= 15 is 0 Å². The van der Waals surface area contributed by atoms with E-state index in [2.05, 4.69) is 19.9 Å². The highest BCUT2D eigenvalue weighted by Crippen LogP contribution is 2.33. The Morgan fingerprint density at radius 1 is 1.40 bits per heavy atom. The van der Waals surface area contributed by atoms with Gasteiger partial charge in [0.25, 0.3) is 5.91 Å². The molecule has 2 heterocycles. The van der Waals surface area contributed by atoms with E-state index in [0.29, 0.717) is 6.42 Å². The van der Waals surface area contributed by atoms with Gasteiger partial charge in [-0.3, -0.25) is 4.79 Å². The van der Waals surface area contributed by atoms with Gasteiger partial charge in [0.2, 0.25) is 0 Å². The number of likely N-dealkylation sites (tertiary alicyclic amines) is 1. The van der Waals surface area contributed by atoms with Crippen molar-refractivity contribution in [1.82, 2.24) is 4.90 Å². The van der Waals surface area contributed by atoms with E-state index in [1.807, 2.05) is 6.07 Å². The first-order chi connectivity index (χ1) is 9.60. The van der Waals surface area contributed by atoms with Crippen LogP contribution in [0.2, 0.25) is 0 Å². The molecule has 1 saturated heterocycles. The Bertz CT molecular complexity index is 510. The van der Waals surface area contributed by atoms with E-state index in [9.17, 15) is 9.90 Å². The van der Waals surface area contributed by atoms with Crippen molar-refractivity contribution in [1.29, 1.82) is 0 Å². The Morgan fingerprint density at radius 3 is 2.90 bits per heavy atom. The smallest absolute Gasteiger partial charge is 0.264 e. The maximum Gasteiger partial charge on any atom is 0.264 e. The van der Waals surface area contributed by atoms with Crippen molar-refractivity contribution in [3.8, 4) is 5.75 Å². The molecule has 0 spiro atoms. The number of amides is 1. The van der Waals surface area contributed by atoms with Gasteiger partial charge in [0.1, 0.15) is 5.75 Å². The lowest BCUT2D eigenvalue weighted by molar-refractivity contribution is -0.139. The second-order valence-corrected chi connectivity index (χ2v) is 5.87. The van der Waals surface area contributed by atoms with Crippen molar-refractivity contribution in [2.24, 2.45) is 0 Å². The third-order valence-corrected chi connectivity index (χ3v) is 4.50. The van der Waals surface area contributed by atoms with Crippen LogP contribution < -0.4 is 4.74 Å². The minimum Gasteiger partial charge on any atom is -0.480 e. The lowest BCUT2D eigenvalue weighted by Gasteiger charge is -2.25. The van der Waals surface area contributed by atoms with Gasteiger partial charge < -0.3 is 14.7 Å². The van der Waals surface area contributed by atoms with E-state index < -0.39 is 6.10 Å². The molecule has 1 aromatic carbocycles. The first kappa shape index (κ1) is 13.4. The summed E-state index contributed by atoms with van der Waals surface area (Å²) in [5, 5.41) is 9.34. The molecule has 4 heteroatoms. The van der Waals surface area contributed by atoms with Gasteiger partial charge in [-0.2, -0.15) is 0 Å². The van der Waals surface area contributed by atoms with E-state index in [0.717, 1.165) is 30.7 Å². The Hall–Kier alpha value is -1.55. The lowest BCUT2D eigenvalue weighted by Crippen LogP contribution is -2.45. The average molecular weight is 275 g/mol. The van der Waals surface area contributed by atoms with E-state index in [4.69, 9.17) is 4.74 Å². The zero-order valence-corrected chi connectivity index (χ0v) is 12.1. The fraction of sp³-hybridized carbons (Fsp3) is 0.562. The molecule has 2 aliphatic rings. The highest BCUT2D eigenvalue weighted by atomic mass is 16.5. The second kappa shape index (κ2) is 5.09. The molecule has 2 atom stereocenters. The standard InChI is InChI=1S/C16H21NO3/c1-10-6-12-8-15(20-14(12)7-11(10)2)16(19)17-5-3-4-13(17)9-18/h6-7,13,15,18H,3-5,8-9H2,1-2H3/t13-,15-/m1/s1. The molecule has 20 heavy (non-hydrogen) atoms. The summed E-state index contributed by atoms with van der Waals surface area (Å²) in [7, 11) is 0. The summed E-state index contributed by atoms with van der Waals surface area (Å²) >= 11 is 0. The van der Waals surface area contributed by atoms with Crippen molar-refractivity contribution in [2.45, 2.75) is 45.3 Å². The van der Waals surface area contributed by atoms with Gasteiger partial charge in [0.15, 0.2) is 6.10 Å². The molecular formula is C16H21NO3. The minimum absolute atomic E-state index is 0.0213. The molecule has 0 aromatic heterocycles. The number of benzene rings is 1. The topological polar surface area (TPSA) is 49.8 Å². The van der Waals surface area contributed by atoms with Crippen LogP contribution in [0.3, 0.4) is 0 Å². The molecule has 0 bridgehead atoms. The van der Waals surface area contributed by atoms with Gasteiger partial charge in [-0.05, 0) is 49.4 Å². The first-order valence-electron chi connectivity index (χ1n) is 7.28. The van der Waals surface area contributed by atoms with Gasteiger partial charge in [-0.25, -0.2) is 0 Å². The van der Waals surface area contributed by atoms with Crippen LogP contribution in [0.15, 0.2) is 12.1 Å². The van der Waals surface area contributed by atoms with Gasteiger partial charge in [0.05, 0.1) is 12.6 Å². The Kier molecular flexibility index (Phi) is 3.42. The highest BCUT2D eigenvalue weighted by Gasteiger charge is 2.37. The van der Waals surface area contributed by atoms with Crippen LogP contribution in [0.4, 0.5) is 0 Å². The van der Waals surface area contributed by atoms with Crippen molar-refractivity contribution >= 4 is 5.91 Å². The molecule has 0 aliphatic carbocycles. The predicted molar refractivity (Wildman–Crippen MR) is 75.9 cm³/mol. The fourth-order valence-corrected chi connectivity index (χ4v) is 3.15. The summed E-state index contributed by atoms with van der Waals surface area (Å²) in [6.07, 6.45) is 2.08.